The molecule has 2 heteroatoms. The smallest absolute Gasteiger partial charge is 0.0642 e. The van der Waals surface area contributed by atoms with Gasteiger partial charge in [-0.25, -0.2) is 0 Å². The second-order valence-corrected chi connectivity index (χ2v) is 14.1. The van der Waals surface area contributed by atoms with Crippen LogP contribution in [-0.4, -0.2) is 21.4 Å². The Bertz CT molecular complexity index is 651. The summed E-state index contributed by atoms with van der Waals surface area (Å²) in [4.78, 5) is 0. The van der Waals surface area contributed by atoms with Crippen molar-refractivity contribution in [2.45, 2.75) is 130 Å². The van der Waals surface area contributed by atoms with Crippen molar-refractivity contribution < 1.29 is 10.2 Å². The van der Waals surface area contributed by atoms with Crippen LogP contribution in [0.1, 0.15) is 119 Å². The van der Waals surface area contributed by atoms with Gasteiger partial charge in [-0.3, -0.25) is 0 Å². The Balaban J connectivity index is 1.47. The normalized spacial score (nSPS) is 50.3. The van der Waals surface area contributed by atoms with Crippen LogP contribution in [0.5, 0.6) is 0 Å². The van der Waals surface area contributed by atoms with E-state index >= 15 is 0 Å². The van der Waals surface area contributed by atoms with Crippen molar-refractivity contribution in [3.05, 3.63) is 0 Å². The maximum absolute atomic E-state index is 10.8. The summed E-state index contributed by atoms with van der Waals surface area (Å²) < 4.78 is 0. The lowest BCUT2D eigenvalue weighted by atomic mass is 9.43. The van der Waals surface area contributed by atoms with E-state index in [0.717, 1.165) is 48.9 Å². The molecule has 0 aromatic heterocycles. The summed E-state index contributed by atoms with van der Waals surface area (Å²) in [5, 5.41) is 21.5. The summed E-state index contributed by atoms with van der Waals surface area (Å²) in [7, 11) is 0. The predicted octanol–water partition coefficient (Wildman–Crippen LogP) is 7.22. The lowest BCUT2D eigenvalue weighted by Gasteiger charge is -2.62. The van der Waals surface area contributed by atoms with Crippen LogP contribution in [0.4, 0.5) is 0 Å². The molecule has 0 heterocycles. The standard InChI is InChI=1S/C29H52O2/c1-19(2)29(7,31)15-12-20(3)23-10-11-24-22-9-8-21-18-26(4,30)16-17-27(21,5)25(22)13-14-28(23,24)6/h19-25,30-31H,8-18H2,1-7H3/t20-,21-,22+,23-,24+,25+,26+,27+,28-,29+/m1/s1. The first-order chi connectivity index (χ1) is 14.3. The third-order valence-electron chi connectivity index (χ3n) is 12.1. The van der Waals surface area contributed by atoms with Crippen molar-refractivity contribution in [3.63, 3.8) is 0 Å². The Morgan fingerprint density at radius 2 is 1.55 bits per heavy atom. The van der Waals surface area contributed by atoms with E-state index in [1.165, 1.54) is 51.4 Å². The van der Waals surface area contributed by atoms with E-state index in [1.54, 1.807) is 0 Å². The van der Waals surface area contributed by atoms with Crippen LogP contribution in [0.2, 0.25) is 0 Å². The van der Waals surface area contributed by atoms with Gasteiger partial charge in [0.15, 0.2) is 0 Å². The predicted molar refractivity (Wildman–Crippen MR) is 130 cm³/mol. The third kappa shape index (κ3) is 4.05. The van der Waals surface area contributed by atoms with Gasteiger partial charge in [0, 0.05) is 0 Å². The molecular weight excluding hydrogens is 380 g/mol. The van der Waals surface area contributed by atoms with E-state index in [-0.39, 0.29) is 0 Å². The van der Waals surface area contributed by atoms with Crippen molar-refractivity contribution in [3.8, 4) is 0 Å². The molecule has 0 spiro atoms. The average Bonchev–Trinajstić information content (AvgIpc) is 3.04. The summed E-state index contributed by atoms with van der Waals surface area (Å²) in [6.07, 6.45) is 13.8. The van der Waals surface area contributed by atoms with Crippen LogP contribution >= 0.6 is 0 Å². The highest BCUT2D eigenvalue weighted by atomic mass is 16.3. The van der Waals surface area contributed by atoms with Gasteiger partial charge in [-0.05, 0) is 137 Å². The van der Waals surface area contributed by atoms with Crippen molar-refractivity contribution in [2.24, 2.45) is 52.3 Å². The zero-order valence-electron chi connectivity index (χ0n) is 21.7. The molecule has 0 unspecified atom stereocenters. The molecule has 2 N–H and O–H groups in total. The van der Waals surface area contributed by atoms with Gasteiger partial charge < -0.3 is 10.2 Å². The molecule has 10 atom stereocenters. The molecule has 0 bridgehead atoms. The second-order valence-electron chi connectivity index (χ2n) is 14.1. The Morgan fingerprint density at radius 3 is 2.23 bits per heavy atom. The molecule has 4 aliphatic rings. The van der Waals surface area contributed by atoms with E-state index < -0.39 is 11.2 Å². The van der Waals surface area contributed by atoms with Gasteiger partial charge in [0.1, 0.15) is 0 Å². The van der Waals surface area contributed by atoms with Crippen LogP contribution < -0.4 is 0 Å². The van der Waals surface area contributed by atoms with E-state index in [2.05, 4.69) is 41.5 Å². The minimum atomic E-state index is -0.528. The minimum Gasteiger partial charge on any atom is -0.390 e. The number of fused-ring (bicyclic) bond motifs is 5. The van der Waals surface area contributed by atoms with Gasteiger partial charge in [-0.1, -0.05) is 34.6 Å². The fourth-order valence-electron chi connectivity index (χ4n) is 9.42. The van der Waals surface area contributed by atoms with Crippen LogP contribution in [-0.2, 0) is 0 Å². The quantitative estimate of drug-likeness (QED) is 0.481. The molecule has 4 fully saturated rings. The van der Waals surface area contributed by atoms with Gasteiger partial charge in [0.25, 0.3) is 0 Å². The largest absolute Gasteiger partial charge is 0.390 e. The van der Waals surface area contributed by atoms with Gasteiger partial charge in [0.2, 0.25) is 0 Å². The highest BCUT2D eigenvalue weighted by Crippen LogP contribution is 2.68. The Kier molecular flexibility index (Phi) is 6.21. The third-order valence-corrected chi connectivity index (χ3v) is 12.1. The number of hydrogen-bond acceptors (Lipinski definition) is 2. The Labute approximate surface area is 193 Å². The molecule has 0 amide bonds. The molecule has 0 radical (unpaired) electrons. The molecule has 4 rings (SSSR count). The molecule has 4 aliphatic carbocycles. The zero-order chi connectivity index (χ0) is 22.8. The van der Waals surface area contributed by atoms with E-state index in [0.29, 0.717) is 22.7 Å². The summed E-state index contributed by atoms with van der Waals surface area (Å²) in [5.74, 6) is 5.32. The first-order valence-electron chi connectivity index (χ1n) is 13.7. The first kappa shape index (κ1) is 24.1. The average molecular weight is 433 g/mol. The Hall–Kier alpha value is -0.0800. The molecule has 0 saturated heterocycles. The molecule has 0 aromatic carbocycles. The molecule has 0 aromatic rings. The van der Waals surface area contributed by atoms with Crippen molar-refractivity contribution in [2.75, 3.05) is 0 Å². The van der Waals surface area contributed by atoms with E-state index in [9.17, 15) is 10.2 Å². The number of aliphatic hydroxyl groups is 2. The molecule has 180 valence electrons. The SMILES string of the molecule is CC(C)[C@@](C)(O)CC[C@@H](C)[C@H]1CC[C@H]2[C@@H]3CC[C@@H]4C[C@@](C)(O)CC[C@]4(C)[C@H]3CC[C@]12C. The molecule has 0 aliphatic heterocycles. The monoisotopic (exact) mass is 432 g/mol. The second kappa shape index (κ2) is 8.00. The lowest BCUT2D eigenvalue weighted by molar-refractivity contribution is -0.148. The van der Waals surface area contributed by atoms with Crippen molar-refractivity contribution in [1.29, 1.82) is 0 Å². The highest BCUT2D eigenvalue weighted by Gasteiger charge is 2.61. The van der Waals surface area contributed by atoms with E-state index in [1.807, 2.05) is 6.92 Å². The van der Waals surface area contributed by atoms with Gasteiger partial charge in [-0.2, -0.15) is 0 Å². The van der Waals surface area contributed by atoms with Gasteiger partial charge in [0.05, 0.1) is 11.2 Å². The maximum Gasteiger partial charge on any atom is 0.0642 e. The first-order valence-corrected chi connectivity index (χ1v) is 13.7. The molecule has 2 nitrogen and oxygen atoms in total. The molecule has 4 saturated carbocycles. The van der Waals surface area contributed by atoms with E-state index in [4.69, 9.17) is 0 Å². The summed E-state index contributed by atoms with van der Waals surface area (Å²) in [6.45, 7) is 16.2. The topological polar surface area (TPSA) is 40.5 Å². The summed E-state index contributed by atoms with van der Waals surface area (Å²) >= 11 is 0. The van der Waals surface area contributed by atoms with Crippen LogP contribution in [0, 0.1) is 52.3 Å². The number of rotatable bonds is 5. The lowest BCUT2D eigenvalue weighted by Crippen LogP contribution is -2.55. The maximum atomic E-state index is 10.8. The summed E-state index contributed by atoms with van der Waals surface area (Å²) in [6, 6.07) is 0. The summed E-state index contributed by atoms with van der Waals surface area (Å²) in [5.41, 5.74) is 0.0189. The zero-order valence-corrected chi connectivity index (χ0v) is 21.7. The van der Waals surface area contributed by atoms with Gasteiger partial charge >= 0.3 is 0 Å². The van der Waals surface area contributed by atoms with Crippen LogP contribution in [0.25, 0.3) is 0 Å². The highest BCUT2D eigenvalue weighted by molar-refractivity contribution is 5.10. The van der Waals surface area contributed by atoms with Gasteiger partial charge in [-0.15, -0.1) is 0 Å². The molecular formula is C29H52O2. The minimum absolute atomic E-state index is 0.328. The molecule has 31 heavy (non-hydrogen) atoms. The Morgan fingerprint density at radius 1 is 0.871 bits per heavy atom. The van der Waals surface area contributed by atoms with Crippen molar-refractivity contribution in [1.82, 2.24) is 0 Å². The fraction of sp³-hybridized carbons (Fsp3) is 1.00. The van der Waals surface area contributed by atoms with Crippen LogP contribution in [0.3, 0.4) is 0 Å². The number of hydrogen-bond donors (Lipinski definition) is 2. The fourth-order valence-corrected chi connectivity index (χ4v) is 9.42. The van der Waals surface area contributed by atoms with Crippen LogP contribution in [0.15, 0.2) is 0 Å². The van der Waals surface area contributed by atoms with Crippen molar-refractivity contribution >= 4 is 0 Å².